The number of nitrogens with two attached hydrogens (primary N) is 1. The summed E-state index contributed by atoms with van der Waals surface area (Å²) >= 11 is 0. The molecule has 1 spiro atoms. The molecule has 0 bridgehead atoms. The maximum atomic E-state index is 6.32. The molecule has 0 aromatic rings. The van der Waals surface area contributed by atoms with E-state index in [0.717, 1.165) is 6.42 Å². The minimum absolute atomic E-state index is 0.346. The fourth-order valence-corrected chi connectivity index (χ4v) is 3.80. The van der Waals surface area contributed by atoms with Crippen molar-refractivity contribution in [2.24, 2.45) is 11.1 Å². The number of hydrogen-bond acceptors (Lipinski definition) is 2. The van der Waals surface area contributed by atoms with Gasteiger partial charge in [0.05, 0.1) is 12.2 Å². The van der Waals surface area contributed by atoms with Crippen LogP contribution in [0.1, 0.15) is 71.6 Å². The highest BCUT2D eigenvalue weighted by atomic mass is 16.5. The van der Waals surface area contributed by atoms with E-state index in [1.165, 1.54) is 51.4 Å². The normalized spacial score (nSPS) is 34.1. The summed E-state index contributed by atoms with van der Waals surface area (Å²) in [6.07, 6.45) is 12.5. The lowest BCUT2D eigenvalue weighted by Crippen LogP contribution is -2.62. The Morgan fingerprint density at radius 3 is 2.41 bits per heavy atom. The molecular weight excluding hydrogens is 210 g/mol. The molecule has 2 saturated carbocycles. The average Bonchev–Trinajstić information content (AvgIpc) is 2.56. The summed E-state index contributed by atoms with van der Waals surface area (Å²) in [5, 5.41) is 0. The van der Waals surface area contributed by atoms with Crippen molar-refractivity contribution in [3.05, 3.63) is 0 Å². The van der Waals surface area contributed by atoms with Crippen LogP contribution < -0.4 is 5.73 Å². The summed E-state index contributed by atoms with van der Waals surface area (Å²) < 4.78 is 6.27. The molecule has 3 unspecified atom stereocenters. The Balaban J connectivity index is 1.93. The van der Waals surface area contributed by atoms with Crippen LogP contribution in [0.5, 0.6) is 0 Å². The third-order valence-electron chi connectivity index (χ3n) is 4.97. The third-order valence-corrected chi connectivity index (χ3v) is 4.97. The van der Waals surface area contributed by atoms with Crippen molar-refractivity contribution in [3.63, 3.8) is 0 Å². The molecule has 0 saturated heterocycles. The van der Waals surface area contributed by atoms with Gasteiger partial charge in [-0.3, -0.25) is 0 Å². The zero-order valence-corrected chi connectivity index (χ0v) is 11.6. The van der Waals surface area contributed by atoms with E-state index in [1.54, 1.807) is 0 Å². The molecular formula is C15H29NO. The minimum Gasteiger partial charge on any atom is -0.375 e. The Kier molecular flexibility index (Phi) is 4.48. The number of hydrogen-bond donors (Lipinski definition) is 1. The largest absolute Gasteiger partial charge is 0.375 e. The van der Waals surface area contributed by atoms with Crippen LogP contribution in [0.4, 0.5) is 0 Å². The highest BCUT2D eigenvalue weighted by Crippen LogP contribution is 2.51. The van der Waals surface area contributed by atoms with Gasteiger partial charge in [0.1, 0.15) is 0 Å². The highest BCUT2D eigenvalue weighted by Gasteiger charge is 2.53. The van der Waals surface area contributed by atoms with Crippen LogP contribution in [-0.2, 0) is 4.74 Å². The molecule has 3 atom stereocenters. The molecule has 17 heavy (non-hydrogen) atoms. The second kappa shape index (κ2) is 5.71. The van der Waals surface area contributed by atoms with Gasteiger partial charge in [0.25, 0.3) is 0 Å². The first-order valence-electron chi connectivity index (χ1n) is 7.60. The van der Waals surface area contributed by atoms with Gasteiger partial charge in [-0.2, -0.15) is 0 Å². The van der Waals surface area contributed by atoms with Crippen molar-refractivity contribution in [2.75, 3.05) is 0 Å². The predicted octanol–water partition coefficient (Wildman–Crippen LogP) is 3.63. The molecule has 2 heteroatoms. The molecule has 0 aromatic carbocycles. The second-order valence-corrected chi connectivity index (χ2v) is 6.21. The van der Waals surface area contributed by atoms with Gasteiger partial charge in [-0.05, 0) is 32.6 Å². The summed E-state index contributed by atoms with van der Waals surface area (Å²) in [6, 6.07) is 0.402. The van der Waals surface area contributed by atoms with E-state index in [4.69, 9.17) is 10.5 Å². The average molecular weight is 239 g/mol. The Hall–Kier alpha value is -0.0800. The molecule has 0 heterocycles. The Morgan fingerprint density at radius 1 is 1.24 bits per heavy atom. The predicted molar refractivity (Wildman–Crippen MR) is 72.0 cm³/mol. The summed E-state index contributed by atoms with van der Waals surface area (Å²) in [5.41, 5.74) is 6.66. The topological polar surface area (TPSA) is 35.2 Å². The monoisotopic (exact) mass is 239 g/mol. The smallest absolute Gasteiger partial charge is 0.0664 e. The van der Waals surface area contributed by atoms with E-state index in [9.17, 15) is 0 Å². The molecule has 100 valence electrons. The molecule has 2 aliphatic carbocycles. The molecule has 2 rings (SSSR count). The van der Waals surface area contributed by atoms with Crippen molar-refractivity contribution in [1.29, 1.82) is 0 Å². The lowest BCUT2D eigenvalue weighted by atomic mass is 9.58. The van der Waals surface area contributed by atoms with E-state index in [0.29, 0.717) is 23.7 Å². The van der Waals surface area contributed by atoms with Gasteiger partial charge in [-0.25, -0.2) is 0 Å². The molecule has 0 aromatic heterocycles. The molecule has 0 amide bonds. The molecule has 2 aliphatic rings. The summed E-state index contributed by atoms with van der Waals surface area (Å²) in [6.45, 7) is 4.45. The van der Waals surface area contributed by atoms with Crippen molar-refractivity contribution >= 4 is 0 Å². The standard InChI is InChI=1S/C15H29NO/c1-3-8-12(2)17-14-11-13(16)15(14)9-6-4-5-7-10-15/h12-14H,3-11,16H2,1-2H3. The van der Waals surface area contributed by atoms with Gasteiger partial charge in [-0.15, -0.1) is 0 Å². The first-order chi connectivity index (χ1) is 8.19. The lowest BCUT2D eigenvalue weighted by molar-refractivity contribution is -0.158. The summed E-state index contributed by atoms with van der Waals surface area (Å²) in [7, 11) is 0. The first-order valence-corrected chi connectivity index (χ1v) is 7.60. The van der Waals surface area contributed by atoms with Gasteiger partial charge >= 0.3 is 0 Å². The quantitative estimate of drug-likeness (QED) is 0.813. The van der Waals surface area contributed by atoms with Gasteiger partial charge in [0, 0.05) is 11.5 Å². The van der Waals surface area contributed by atoms with Gasteiger partial charge in [-0.1, -0.05) is 39.0 Å². The number of rotatable bonds is 4. The summed E-state index contributed by atoms with van der Waals surface area (Å²) in [5.74, 6) is 0. The molecule has 0 radical (unpaired) electrons. The Morgan fingerprint density at radius 2 is 1.88 bits per heavy atom. The minimum atomic E-state index is 0.346. The van der Waals surface area contributed by atoms with Crippen LogP contribution in [-0.4, -0.2) is 18.2 Å². The van der Waals surface area contributed by atoms with Crippen LogP contribution in [0.2, 0.25) is 0 Å². The fourth-order valence-electron chi connectivity index (χ4n) is 3.80. The van der Waals surface area contributed by atoms with E-state index >= 15 is 0 Å². The van der Waals surface area contributed by atoms with Gasteiger partial charge < -0.3 is 10.5 Å². The van der Waals surface area contributed by atoms with Crippen molar-refractivity contribution in [2.45, 2.75) is 89.9 Å². The van der Waals surface area contributed by atoms with E-state index in [-0.39, 0.29) is 0 Å². The maximum Gasteiger partial charge on any atom is 0.0664 e. The Bertz CT molecular complexity index is 233. The fraction of sp³-hybridized carbons (Fsp3) is 1.00. The van der Waals surface area contributed by atoms with Crippen LogP contribution in [0, 0.1) is 5.41 Å². The van der Waals surface area contributed by atoms with Gasteiger partial charge in [0.15, 0.2) is 0 Å². The highest BCUT2D eigenvalue weighted by molar-refractivity contribution is 5.07. The summed E-state index contributed by atoms with van der Waals surface area (Å²) in [4.78, 5) is 0. The zero-order valence-electron chi connectivity index (χ0n) is 11.6. The lowest BCUT2D eigenvalue weighted by Gasteiger charge is -2.55. The van der Waals surface area contributed by atoms with Crippen molar-refractivity contribution in [3.8, 4) is 0 Å². The van der Waals surface area contributed by atoms with E-state index in [1.807, 2.05) is 0 Å². The van der Waals surface area contributed by atoms with Crippen LogP contribution in [0.25, 0.3) is 0 Å². The van der Waals surface area contributed by atoms with Crippen LogP contribution in [0.15, 0.2) is 0 Å². The molecule has 2 fully saturated rings. The van der Waals surface area contributed by atoms with Crippen LogP contribution >= 0.6 is 0 Å². The maximum absolute atomic E-state index is 6.32. The van der Waals surface area contributed by atoms with E-state index in [2.05, 4.69) is 13.8 Å². The van der Waals surface area contributed by atoms with E-state index < -0.39 is 0 Å². The van der Waals surface area contributed by atoms with Crippen LogP contribution in [0.3, 0.4) is 0 Å². The molecule has 2 nitrogen and oxygen atoms in total. The zero-order chi connectivity index (χ0) is 12.3. The van der Waals surface area contributed by atoms with Crippen molar-refractivity contribution < 1.29 is 4.74 Å². The Labute approximate surface area is 106 Å². The third kappa shape index (κ3) is 2.68. The van der Waals surface area contributed by atoms with Crippen molar-refractivity contribution in [1.82, 2.24) is 0 Å². The first kappa shape index (κ1) is 13.4. The van der Waals surface area contributed by atoms with Gasteiger partial charge in [0.2, 0.25) is 0 Å². The SMILES string of the molecule is CCCC(C)OC1CC(N)C12CCCCCC2. The second-order valence-electron chi connectivity index (χ2n) is 6.21. The molecule has 0 aliphatic heterocycles. The molecule has 2 N–H and O–H groups in total. The number of ether oxygens (including phenoxy) is 1.